The molecule has 1 unspecified atom stereocenters. The number of nitrogens with one attached hydrogen (secondary N) is 1. The van der Waals surface area contributed by atoms with E-state index >= 15 is 0 Å². The Hall–Kier alpha value is -1.36. The van der Waals surface area contributed by atoms with Crippen LogP contribution < -0.4 is 5.32 Å². The fraction of sp³-hybridized carbons (Fsp3) is 0.462. The molecular formula is C13H14F3NO. The first kappa shape index (κ1) is 13.1. The second-order valence-corrected chi connectivity index (χ2v) is 4.56. The van der Waals surface area contributed by atoms with Gasteiger partial charge in [-0.3, -0.25) is 4.79 Å². The maximum atomic E-state index is 12.4. The Morgan fingerprint density at radius 2 is 1.94 bits per heavy atom. The molecule has 0 aromatic heterocycles. The van der Waals surface area contributed by atoms with Crippen LogP contribution in [0, 0.1) is 5.92 Å². The van der Waals surface area contributed by atoms with Crippen LogP contribution in [0.25, 0.3) is 0 Å². The minimum Gasteiger partial charge on any atom is -0.316 e. The predicted molar refractivity (Wildman–Crippen MR) is 61.4 cm³/mol. The lowest BCUT2D eigenvalue weighted by molar-refractivity contribution is -0.137. The summed E-state index contributed by atoms with van der Waals surface area (Å²) in [5.41, 5.74) is -0.364. The van der Waals surface area contributed by atoms with Gasteiger partial charge in [-0.25, -0.2) is 0 Å². The number of alkyl halides is 3. The van der Waals surface area contributed by atoms with Gasteiger partial charge in [-0.2, -0.15) is 13.2 Å². The third kappa shape index (κ3) is 3.10. The molecule has 5 heteroatoms. The van der Waals surface area contributed by atoms with Crippen LogP contribution in [-0.2, 0) is 6.18 Å². The van der Waals surface area contributed by atoms with Gasteiger partial charge < -0.3 is 5.32 Å². The number of Topliss-reactive ketones (excluding diaryl/α,β-unsaturated/α-hetero) is 1. The van der Waals surface area contributed by atoms with Crippen LogP contribution in [0.5, 0.6) is 0 Å². The molecule has 1 atom stereocenters. The van der Waals surface area contributed by atoms with Crippen LogP contribution in [-0.4, -0.2) is 18.9 Å². The lowest BCUT2D eigenvalue weighted by atomic mass is 9.97. The molecule has 1 fully saturated rings. The summed E-state index contributed by atoms with van der Waals surface area (Å²) in [6, 6.07) is 4.43. The highest BCUT2D eigenvalue weighted by molar-refractivity contribution is 5.96. The first-order valence-corrected chi connectivity index (χ1v) is 5.88. The van der Waals surface area contributed by atoms with Gasteiger partial charge in [-0.15, -0.1) is 0 Å². The minimum atomic E-state index is -4.35. The van der Waals surface area contributed by atoms with E-state index in [1.54, 1.807) is 0 Å². The second-order valence-electron chi connectivity index (χ2n) is 4.56. The highest BCUT2D eigenvalue weighted by atomic mass is 19.4. The molecule has 0 bridgehead atoms. The topological polar surface area (TPSA) is 29.1 Å². The largest absolute Gasteiger partial charge is 0.416 e. The number of hydrogen-bond donors (Lipinski definition) is 1. The molecule has 1 aliphatic heterocycles. The van der Waals surface area contributed by atoms with Gasteiger partial charge in [0.15, 0.2) is 5.78 Å². The minimum absolute atomic E-state index is 0.0857. The summed E-state index contributed by atoms with van der Waals surface area (Å²) >= 11 is 0. The molecule has 0 spiro atoms. The molecule has 2 nitrogen and oxygen atoms in total. The van der Waals surface area contributed by atoms with Crippen molar-refractivity contribution in [1.82, 2.24) is 5.32 Å². The smallest absolute Gasteiger partial charge is 0.316 e. The molecule has 2 rings (SSSR count). The lowest BCUT2D eigenvalue weighted by Gasteiger charge is -2.09. The number of ketones is 1. The quantitative estimate of drug-likeness (QED) is 0.843. The third-order valence-electron chi connectivity index (χ3n) is 3.17. The molecule has 1 N–H and O–H groups in total. The van der Waals surface area contributed by atoms with Gasteiger partial charge >= 0.3 is 6.18 Å². The van der Waals surface area contributed by atoms with Crippen LogP contribution in [0.4, 0.5) is 13.2 Å². The summed E-state index contributed by atoms with van der Waals surface area (Å²) in [6.07, 6.45) is -3.00. The summed E-state index contributed by atoms with van der Waals surface area (Å²) < 4.78 is 37.1. The first-order valence-electron chi connectivity index (χ1n) is 5.88. The van der Waals surface area contributed by atoms with Crippen molar-refractivity contribution < 1.29 is 18.0 Å². The number of carbonyl (C=O) groups excluding carboxylic acids is 1. The van der Waals surface area contributed by atoms with Crippen molar-refractivity contribution in [2.24, 2.45) is 5.92 Å². The fourth-order valence-corrected chi connectivity index (χ4v) is 2.11. The molecule has 0 aliphatic carbocycles. The zero-order chi connectivity index (χ0) is 13.2. The predicted octanol–water partition coefficient (Wildman–Crippen LogP) is 2.89. The average molecular weight is 257 g/mol. The number of benzene rings is 1. The van der Waals surface area contributed by atoms with Crippen LogP contribution in [0.3, 0.4) is 0 Å². The van der Waals surface area contributed by atoms with E-state index in [0.29, 0.717) is 17.9 Å². The second kappa shape index (κ2) is 5.10. The molecule has 0 amide bonds. The highest BCUT2D eigenvalue weighted by Crippen LogP contribution is 2.29. The normalized spacial score (nSPS) is 20.1. The highest BCUT2D eigenvalue weighted by Gasteiger charge is 2.30. The maximum absolute atomic E-state index is 12.4. The molecule has 98 valence electrons. The summed E-state index contributed by atoms with van der Waals surface area (Å²) in [4.78, 5) is 11.9. The summed E-state index contributed by atoms with van der Waals surface area (Å²) in [6.45, 7) is 1.72. The van der Waals surface area contributed by atoms with Crippen molar-refractivity contribution in [3.63, 3.8) is 0 Å². The Kier molecular flexibility index (Phi) is 3.71. The van der Waals surface area contributed by atoms with Crippen molar-refractivity contribution in [1.29, 1.82) is 0 Å². The van der Waals surface area contributed by atoms with Gasteiger partial charge in [0, 0.05) is 12.0 Å². The maximum Gasteiger partial charge on any atom is 0.416 e. The van der Waals surface area contributed by atoms with Crippen LogP contribution >= 0.6 is 0 Å². The molecule has 0 saturated carbocycles. The van der Waals surface area contributed by atoms with E-state index in [4.69, 9.17) is 0 Å². The molecule has 18 heavy (non-hydrogen) atoms. The van der Waals surface area contributed by atoms with E-state index in [9.17, 15) is 18.0 Å². The summed E-state index contributed by atoms with van der Waals surface area (Å²) in [5, 5.41) is 3.16. The zero-order valence-corrected chi connectivity index (χ0v) is 9.76. The molecule has 0 radical (unpaired) electrons. The Labute approximate surface area is 103 Å². The number of hydrogen-bond acceptors (Lipinski definition) is 2. The van der Waals surface area contributed by atoms with Gasteiger partial charge in [0.2, 0.25) is 0 Å². The third-order valence-corrected chi connectivity index (χ3v) is 3.17. The monoisotopic (exact) mass is 257 g/mol. The lowest BCUT2D eigenvalue weighted by Crippen LogP contribution is -2.13. The number of carbonyl (C=O) groups is 1. The fourth-order valence-electron chi connectivity index (χ4n) is 2.11. The van der Waals surface area contributed by atoms with E-state index in [1.165, 1.54) is 12.1 Å². The van der Waals surface area contributed by atoms with Crippen molar-refractivity contribution >= 4 is 5.78 Å². The molecule has 1 aliphatic rings. The Morgan fingerprint density at radius 3 is 2.44 bits per heavy atom. The van der Waals surface area contributed by atoms with Crippen molar-refractivity contribution in [3.05, 3.63) is 35.4 Å². The van der Waals surface area contributed by atoms with Gasteiger partial charge in [0.25, 0.3) is 0 Å². The van der Waals surface area contributed by atoms with Crippen molar-refractivity contribution in [3.8, 4) is 0 Å². The Morgan fingerprint density at radius 1 is 1.28 bits per heavy atom. The SMILES string of the molecule is O=C(CC1CCNC1)c1ccc(C(F)(F)F)cc1. The summed E-state index contributed by atoms with van der Waals surface area (Å²) in [5.74, 6) is 0.220. The Balaban J connectivity index is 2.02. The molecule has 1 heterocycles. The van der Waals surface area contributed by atoms with E-state index in [-0.39, 0.29) is 5.78 Å². The van der Waals surface area contributed by atoms with Crippen LogP contribution in [0.1, 0.15) is 28.8 Å². The first-order chi connectivity index (χ1) is 8.47. The standard InChI is InChI=1S/C13H14F3NO/c14-13(15,16)11-3-1-10(2-4-11)12(18)7-9-5-6-17-8-9/h1-4,9,17H,5-8H2. The zero-order valence-electron chi connectivity index (χ0n) is 9.76. The van der Waals surface area contributed by atoms with Crippen LogP contribution in [0.15, 0.2) is 24.3 Å². The Bertz CT molecular complexity index is 419. The molecule has 1 aromatic rings. The number of halogens is 3. The van der Waals surface area contributed by atoms with Gasteiger partial charge in [-0.1, -0.05) is 12.1 Å². The van der Waals surface area contributed by atoms with E-state index < -0.39 is 11.7 Å². The van der Waals surface area contributed by atoms with E-state index in [0.717, 1.165) is 31.6 Å². The van der Waals surface area contributed by atoms with Gasteiger partial charge in [0.1, 0.15) is 0 Å². The average Bonchev–Trinajstić information content (AvgIpc) is 2.81. The molecule has 1 saturated heterocycles. The van der Waals surface area contributed by atoms with E-state index in [2.05, 4.69) is 5.32 Å². The molecule has 1 aromatic carbocycles. The van der Waals surface area contributed by atoms with Gasteiger partial charge in [0.05, 0.1) is 5.56 Å². The van der Waals surface area contributed by atoms with Crippen molar-refractivity contribution in [2.75, 3.05) is 13.1 Å². The van der Waals surface area contributed by atoms with Crippen molar-refractivity contribution in [2.45, 2.75) is 19.0 Å². The van der Waals surface area contributed by atoms with Crippen LogP contribution in [0.2, 0.25) is 0 Å². The molecular weight excluding hydrogens is 243 g/mol. The van der Waals surface area contributed by atoms with E-state index in [1.807, 2.05) is 0 Å². The van der Waals surface area contributed by atoms with Gasteiger partial charge in [-0.05, 0) is 37.6 Å². The summed E-state index contributed by atoms with van der Waals surface area (Å²) in [7, 11) is 0. The number of rotatable bonds is 3.